The number of carbonyl (C=O) groups is 2. The molecule has 0 spiro atoms. The second-order valence-corrected chi connectivity index (χ2v) is 9.04. The molecule has 2 aromatic rings. The van der Waals surface area contributed by atoms with Gasteiger partial charge in [-0.25, -0.2) is 0 Å². The van der Waals surface area contributed by atoms with Gasteiger partial charge in [-0.05, 0) is 24.3 Å². The van der Waals surface area contributed by atoms with Crippen LogP contribution >= 0.6 is 23.1 Å². The van der Waals surface area contributed by atoms with E-state index in [-0.39, 0.29) is 22.6 Å². The number of Topliss-reactive ketones (excluding diaryl/α,β-unsaturated/α-hetero) is 1. The predicted octanol–water partition coefficient (Wildman–Crippen LogP) is 4.47. The summed E-state index contributed by atoms with van der Waals surface area (Å²) in [5.74, 6) is -0.228. The van der Waals surface area contributed by atoms with Gasteiger partial charge in [-0.2, -0.15) is 13.2 Å². The third-order valence-corrected chi connectivity index (χ3v) is 5.33. The van der Waals surface area contributed by atoms with Crippen molar-refractivity contribution in [2.45, 2.75) is 31.3 Å². The second kappa shape index (κ2) is 8.91. The smallest absolute Gasteiger partial charge is 0.351 e. The molecule has 0 radical (unpaired) electrons. The lowest BCUT2D eigenvalue weighted by Gasteiger charge is -2.17. The Labute approximate surface area is 168 Å². The van der Waals surface area contributed by atoms with E-state index in [0.717, 1.165) is 23.1 Å². The highest BCUT2D eigenvalue weighted by molar-refractivity contribution is 8.01. The largest absolute Gasteiger partial charge is 0.405 e. The number of thioether (sulfide) groups is 1. The van der Waals surface area contributed by atoms with E-state index in [2.05, 4.69) is 20.8 Å². The van der Waals surface area contributed by atoms with Crippen LogP contribution in [-0.4, -0.2) is 40.4 Å². The third kappa shape index (κ3) is 7.12. The van der Waals surface area contributed by atoms with Crippen molar-refractivity contribution >= 4 is 45.6 Å². The molecule has 0 fully saturated rings. The number of aromatic nitrogens is 2. The third-order valence-electron chi connectivity index (χ3n) is 3.32. The Morgan fingerprint density at radius 1 is 1.11 bits per heavy atom. The molecular weight excluding hydrogens is 413 g/mol. The minimum atomic E-state index is -4.34. The molecule has 0 atom stereocenters. The number of benzene rings is 1. The predicted molar refractivity (Wildman–Crippen MR) is 104 cm³/mol. The van der Waals surface area contributed by atoms with Gasteiger partial charge in [-0.15, -0.1) is 10.2 Å². The molecule has 0 saturated heterocycles. The van der Waals surface area contributed by atoms with Crippen molar-refractivity contribution in [2.75, 3.05) is 22.9 Å². The molecule has 2 rings (SSSR count). The standard InChI is InChI=1S/C17H19F3N4O2S2/c1-16(2,3)13(26)22-11-6-4-10(5-7-11)12(25)8-27-15-24-23-14(28-15)21-9-17(18,19)20/h4-7H,8-9H2,1-3H3,(H,21,23)(H,22,26). The van der Waals surface area contributed by atoms with Crippen LogP contribution in [0.4, 0.5) is 24.0 Å². The Morgan fingerprint density at radius 3 is 2.32 bits per heavy atom. The van der Waals surface area contributed by atoms with Crippen molar-refractivity contribution < 1.29 is 22.8 Å². The molecule has 0 aliphatic heterocycles. The second-order valence-electron chi connectivity index (χ2n) is 6.84. The molecule has 6 nitrogen and oxygen atoms in total. The Kier molecular flexibility index (Phi) is 7.05. The first-order valence-electron chi connectivity index (χ1n) is 8.16. The maximum Gasteiger partial charge on any atom is 0.405 e. The average molecular weight is 432 g/mol. The first kappa shape index (κ1) is 22.2. The van der Waals surface area contributed by atoms with E-state index >= 15 is 0 Å². The van der Waals surface area contributed by atoms with Crippen LogP contribution in [0.2, 0.25) is 0 Å². The normalized spacial score (nSPS) is 11.9. The lowest BCUT2D eigenvalue weighted by atomic mass is 9.95. The van der Waals surface area contributed by atoms with Gasteiger partial charge in [0.25, 0.3) is 0 Å². The van der Waals surface area contributed by atoms with E-state index in [4.69, 9.17) is 0 Å². The molecule has 1 heterocycles. The van der Waals surface area contributed by atoms with Crippen molar-refractivity contribution in [2.24, 2.45) is 5.41 Å². The Hall–Kier alpha value is -2.14. The number of nitrogens with zero attached hydrogens (tertiary/aromatic N) is 2. The molecule has 0 bridgehead atoms. The maximum atomic E-state index is 12.3. The van der Waals surface area contributed by atoms with Crippen molar-refractivity contribution in [1.29, 1.82) is 0 Å². The quantitative estimate of drug-likeness (QED) is 0.496. The monoisotopic (exact) mass is 432 g/mol. The van der Waals surface area contributed by atoms with Gasteiger partial charge < -0.3 is 10.6 Å². The van der Waals surface area contributed by atoms with E-state index in [1.807, 2.05) is 0 Å². The van der Waals surface area contributed by atoms with Crippen LogP contribution in [0.5, 0.6) is 0 Å². The van der Waals surface area contributed by atoms with Gasteiger partial charge in [-0.3, -0.25) is 9.59 Å². The summed E-state index contributed by atoms with van der Waals surface area (Å²) >= 11 is 2.05. The number of nitrogens with one attached hydrogen (secondary N) is 2. The van der Waals surface area contributed by atoms with Crippen molar-refractivity contribution in [3.8, 4) is 0 Å². The van der Waals surface area contributed by atoms with Crippen LogP contribution in [0.1, 0.15) is 31.1 Å². The minimum absolute atomic E-state index is 0.0474. The number of carbonyl (C=O) groups excluding carboxylic acids is 2. The van der Waals surface area contributed by atoms with E-state index in [1.54, 1.807) is 45.0 Å². The summed E-state index contributed by atoms with van der Waals surface area (Å²) in [5.41, 5.74) is 0.524. The number of amides is 1. The van der Waals surface area contributed by atoms with Crippen LogP contribution in [-0.2, 0) is 4.79 Å². The molecule has 1 aromatic carbocycles. The molecule has 0 aliphatic rings. The van der Waals surface area contributed by atoms with Gasteiger partial charge >= 0.3 is 6.18 Å². The Balaban J connectivity index is 1.86. The molecule has 0 saturated carbocycles. The van der Waals surface area contributed by atoms with Crippen molar-refractivity contribution in [3.63, 3.8) is 0 Å². The van der Waals surface area contributed by atoms with Crippen LogP contribution < -0.4 is 10.6 Å². The van der Waals surface area contributed by atoms with E-state index in [9.17, 15) is 22.8 Å². The summed E-state index contributed by atoms with van der Waals surface area (Å²) in [7, 11) is 0. The molecular formula is C17H19F3N4O2S2. The minimum Gasteiger partial charge on any atom is -0.351 e. The zero-order valence-electron chi connectivity index (χ0n) is 15.4. The van der Waals surface area contributed by atoms with Crippen molar-refractivity contribution in [1.82, 2.24) is 10.2 Å². The van der Waals surface area contributed by atoms with Gasteiger partial charge in [0, 0.05) is 16.7 Å². The van der Waals surface area contributed by atoms with Crippen molar-refractivity contribution in [3.05, 3.63) is 29.8 Å². The molecule has 0 unspecified atom stereocenters. The first-order valence-corrected chi connectivity index (χ1v) is 9.96. The van der Waals surface area contributed by atoms with E-state index < -0.39 is 18.1 Å². The molecule has 2 N–H and O–H groups in total. The van der Waals surface area contributed by atoms with Gasteiger partial charge in [0.05, 0.1) is 5.75 Å². The van der Waals surface area contributed by atoms with Gasteiger partial charge in [0.1, 0.15) is 6.54 Å². The van der Waals surface area contributed by atoms with Gasteiger partial charge in [-0.1, -0.05) is 43.9 Å². The molecule has 1 aromatic heterocycles. The van der Waals surface area contributed by atoms with Gasteiger partial charge in [0.15, 0.2) is 10.1 Å². The van der Waals surface area contributed by atoms with E-state index in [1.165, 1.54) is 0 Å². The first-order chi connectivity index (χ1) is 12.9. The van der Waals surface area contributed by atoms with Crippen LogP contribution in [0, 0.1) is 5.41 Å². The highest BCUT2D eigenvalue weighted by Crippen LogP contribution is 2.27. The number of ketones is 1. The lowest BCUT2D eigenvalue weighted by molar-refractivity contribution is -0.123. The number of halogens is 3. The molecule has 28 heavy (non-hydrogen) atoms. The topological polar surface area (TPSA) is 84.0 Å². The average Bonchev–Trinajstić information content (AvgIpc) is 3.05. The van der Waals surface area contributed by atoms with Gasteiger partial charge in [0.2, 0.25) is 11.0 Å². The fraction of sp³-hybridized carbons (Fsp3) is 0.412. The molecule has 152 valence electrons. The summed E-state index contributed by atoms with van der Waals surface area (Å²) in [6.07, 6.45) is -4.34. The van der Waals surface area contributed by atoms with Crippen LogP contribution in [0.25, 0.3) is 0 Å². The zero-order valence-corrected chi connectivity index (χ0v) is 17.0. The highest BCUT2D eigenvalue weighted by Gasteiger charge is 2.27. The Morgan fingerprint density at radius 2 is 1.75 bits per heavy atom. The fourth-order valence-electron chi connectivity index (χ4n) is 1.78. The summed E-state index contributed by atoms with van der Waals surface area (Å²) in [6, 6.07) is 6.51. The lowest BCUT2D eigenvalue weighted by Crippen LogP contribution is -2.27. The Bertz CT molecular complexity index is 830. The fourth-order valence-corrected chi connectivity index (χ4v) is 3.43. The zero-order chi connectivity index (χ0) is 20.9. The number of alkyl halides is 3. The number of rotatable bonds is 7. The molecule has 1 amide bonds. The maximum absolute atomic E-state index is 12.3. The summed E-state index contributed by atoms with van der Waals surface area (Å²) in [5, 5.41) is 12.3. The summed E-state index contributed by atoms with van der Waals surface area (Å²) < 4.78 is 36.9. The SMILES string of the molecule is CC(C)(C)C(=O)Nc1ccc(C(=O)CSc2nnc(NCC(F)(F)F)s2)cc1. The number of hydrogen-bond acceptors (Lipinski definition) is 7. The number of anilines is 2. The highest BCUT2D eigenvalue weighted by atomic mass is 32.2. The van der Waals surface area contributed by atoms with E-state index in [0.29, 0.717) is 15.6 Å². The summed E-state index contributed by atoms with van der Waals surface area (Å²) in [6.45, 7) is 4.21. The molecule has 11 heteroatoms. The number of hydrogen-bond donors (Lipinski definition) is 2. The summed E-state index contributed by atoms with van der Waals surface area (Å²) in [4.78, 5) is 24.2. The van der Waals surface area contributed by atoms with Crippen LogP contribution in [0.15, 0.2) is 28.6 Å². The van der Waals surface area contributed by atoms with Crippen LogP contribution in [0.3, 0.4) is 0 Å². The molecule has 0 aliphatic carbocycles.